The molecule has 0 aromatic rings. The molecule has 1 fully saturated rings. The van der Waals surface area contributed by atoms with Crippen molar-refractivity contribution in [2.45, 2.75) is 32.0 Å². The van der Waals surface area contributed by atoms with E-state index in [1.54, 1.807) is 6.08 Å². The minimum absolute atomic E-state index is 0.329. The van der Waals surface area contributed by atoms with Crippen LogP contribution in [0.2, 0.25) is 0 Å². The van der Waals surface area contributed by atoms with E-state index in [9.17, 15) is 14.3 Å². The molecule has 4 heteroatoms. The maximum Gasteiger partial charge on any atom is 0.252 e. The number of allylic oxidation sites excluding steroid dienone is 6. The standard InChI is InChI=1S/C15H16FNO2/c1-15(2,16)13(7-18)17-14(19)10-4-3-9-11-5-8(11)6-12(9)10/h3-4,6,13,18H,5,7H2,1-2H3,(H,17,19)/t13-/m1/s1. The van der Waals surface area contributed by atoms with E-state index in [1.165, 1.54) is 25.0 Å². The summed E-state index contributed by atoms with van der Waals surface area (Å²) in [7, 11) is 0. The Hall–Kier alpha value is -1.68. The van der Waals surface area contributed by atoms with Crippen molar-refractivity contribution in [3.63, 3.8) is 0 Å². The Morgan fingerprint density at radius 1 is 1.47 bits per heavy atom. The molecule has 0 aromatic carbocycles. The highest BCUT2D eigenvalue weighted by Gasteiger charge is 2.37. The molecule has 1 amide bonds. The number of halogens is 1. The molecule has 0 aromatic heterocycles. The molecule has 0 unspecified atom stereocenters. The van der Waals surface area contributed by atoms with Gasteiger partial charge in [-0.25, -0.2) is 4.39 Å². The number of aliphatic hydroxyl groups excluding tert-OH is 1. The van der Waals surface area contributed by atoms with Crippen molar-refractivity contribution in [3.8, 4) is 0 Å². The van der Waals surface area contributed by atoms with Crippen LogP contribution < -0.4 is 5.32 Å². The summed E-state index contributed by atoms with van der Waals surface area (Å²) in [6.45, 7) is 2.27. The number of amides is 1. The van der Waals surface area contributed by atoms with Crippen LogP contribution >= 0.6 is 0 Å². The predicted octanol–water partition coefficient (Wildman–Crippen LogP) is 1.72. The molecular weight excluding hydrogens is 245 g/mol. The highest BCUT2D eigenvalue weighted by molar-refractivity contribution is 6.02. The fourth-order valence-corrected chi connectivity index (χ4v) is 2.51. The highest BCUT2D eigenvalue weighted by Crippen LogP contribution is 2.51. The van der Waals surface area contributed by atoms with Gasteiger partial charge < -0.3 is 10.4 Å². The van der Waals surface area contributed by atoms with Crippen LogP contribution in [0.3, 0.4) is 0 Å². The van der Waals surface area contributed by atoms with Gasteiger partial charge in [-0.2, -0.15) is 0 Å². The molecule has 3 nitrogen and oxygen atoms in total. The van der Waals surface area contributed by atoms with Gasteiger partial charge in [0, 0.05) is 5.57 Å². The number of fused-ring (bicyclic) bond motifs is 2. The lowest BCUT2D eigenvalue weighted by atomic mass is 10.0. The van der Waals surface area contributed by atoms with Gasteiger partial charge >= 0.3 is 0 Å². The van der Waals surface area contributed by atoms with Gasteiger partial charge in [-0.1, -0.05) is 6.08 Å². The molecule has 3 aliphatic carbocycles. The third kappa shape index (κ3) is 1.96. The average molecular weight is 261 g/mol. The maximum atomic E-state index is 13.8. The van der Waals surface area contributed by atoms with E-state index in [1.807, 2.05) is 12.2 Å². The average Bonchev–Trinajstić information content (AvgIpc) is 2.82. The largest absolute Gasteiger partial charge is 0.394 e. The summed E-state index contributed by atoms with van der Waals surface area (Å²) in [5.74, 6) is -0.329. The molecule has 0 aliphatic heterocycles. The first-order valence-corrected chi connectivity index (χ1v) is 6.39. The molecular formula is C15H16FNO2. The Morgan fingerprint density at radius 3 is 2.84 bits per heavy atom. The molecule has 1 saturated carbocycles. The normalized spacial score (nSPS) is 21.4. The Balaban J connectivity index is 1.80. The zero-order valence-corrected chi connectivity index (χ0v) is 11.0. The first kappa shape index (κ1) is 12.4. The van der Waals surface area contributed by atoms with Gasteiger partial charge in [0.2, 0.25) is 0 Å². The van der Waals surface area contributed by atoms with E-state index in [-0.39, 0.29) is 5.91 Å². The molecule has 0 bridgehead atoms. The van der Waals surface area contributed by atoms with Crippen molar-refractivity contribution < 1.29 is 14.3 Å². The van der Waals surface area contributed by atoms with Crippen LogP contribution in [-0.4, -0.2) is 29.3 Å². The van der Waals surface area contributed by atoms with Crippen LogP contribution in [0.25, 0.3) is 0 Å². The predicted molar refractivity (Wildman–Crippen MR) is 70.1 cm³/mol. The lowest BCUT2D eigenvalue weighted by molar-refractivity contribution is -0.119. The van der Waals surface area contributed by atoms with Gasteiger partial charge in [-0.3, -0.25) is 4.79 Å². The quantitative estimate of drug-likeness (QED) is 0.809. The maximum absolute atomic E-state index is 13.8. The van der Waals surface area contributed by atoms with Gasteiger partial charge in [0.1, 0.15) is 5.67 Å². The number of rotatable bonds is 4. The zero-order chi connectivity index (χ0) is 13.8. The summed E-state index contributed by atoms with van der Waals surface area (Å²) >= 11 is 0. The number of hydrogen-bond donors (Lipinski definition) is 2. The van der Waals surface area contributed by atoms with Crippen molar-refractivity contribution in [1.82, 2.24) is 5.32 Å². The molecule has 2 N–H and O–H groups in total. The minimum atomic E-state index is -1.66. The number of alkyl halides is 1. The molecule has 1 atom stereocenters. The smallest absolute Gasteiger partial charge is 0.252 e. The lowest BCUT2D eigenvalue weighted by Gasteiger charge is -2.26. The topological polar surface area (TPSA) is 49.3 Å². The Bertz CT molecular complexity index is 588. The van der Waals surface area contributed by atoms with E-state index >= 15 is 0 Å². The second-order valence-electron chi connectivity index (χ2n) is 5.67. The van der Waals surface area contributed by atoms with Crippen LogP contribution in [0.15, 0.2) is 46.1 Å². The molecule has 0 heterocycles. The van der Waals surface area contributed by atoms with Crippen LogP contribution in [0.1, 0.15) is 20.3 Å². The van der Waals surface area contributed by atoms with E-state index in [0.29, 0.717) is 5.57 Å². The number of aliphatic hydroxyl groups is 1. The van der Waals surface area contributed by atoms with E-state index in [4.69, 9.17) is 0 Å². The van der Waals surface area contributed by atoms with Gasteiger partial charge in [-0.05, 0) is 54.7 Å². The SMILES string of the molecule is CC(C)(F)[C@@H](CO)NC(=O)C1=C2C=C3CC3=C2C=C1. The summed E-state index contributed by atoms with van der Waals surface area (Å²) in [5, 5.41) is 11.7. The number of carbonyl (C=O) groups is 1. The molecule has 0 saturated heterocycles. The Kier molecular flexibility index (Phi) is 2.54. The second kappa shape index (κ2) is 3.90. The minimum Gasteiger partial charge on any atom is -0.394 e. The second-order valence-corrected chi connectivity index (χ2v) is 5.67. The molecule has 100 valence electrons. The summed E-state index contributed by atoms with van der Waals surface area (Å²) in [6, 6.07) is -0.901. The van der Waals surface area contributed by atoms with E-state index in [0.717, 1.165) is 17.6 Å². The molecule has 0 spiro atoms. The van der Waals surface area contributed by atoms with Crippen LogP contribution in [0, 0.1) is 0 Å². The van der Waals surface area contributed by atoms with Crippen molar-refractivity contribution in [2.75, 3.05) is 6.61 Å². The molecule has 3 aliphatic rings. The van der Waals surface area contributed by atoms with Crippen LogP contribution in [0.4, 0.5) is 4.39 Å². The Morgan fingerprint density at radius 2 is 2.21 bits per heavy atom. The lowest BCUT2D eigenvalue weighted by Crippen LogP contribution is -2.49. The highest BCUT2D eigenvalue weighted by atomic mass is 19.1. The van der Waals surface area contributed by atoms with Gasteiger partial charge in [0.05, 0.1) is 12.6 Å². The van der Waals surface area contributed by atoms with Gasteiger partial charge in [0.25, 0.3) is 5.91 Å². The third-order valence-electron chi connectivity index (χ3n) is 3.83. The van der Waals surface area contributed by atoms with E-state index in [2.05, 4.69) is 5.32 Å². The van der Waals surface area contributed by atoms with Crippen molar-refractivity contribution in [2.24, 2.45) is 0 Å². The molecule has 0 radical (unpaired) electrons. The summed E-state index contributed by atoms with van der Waals surface area (Å²) in [6.07, 6.45) is 6.74. The first-order chi connectivity index (χ1) is 8.91. The summed E-state index contributed by atoms with van der Waals surface area (Å²) in [5.41, 5.74) is 3.57. The van der Waals surface area contributed by atoms with Crippen molar-refractivity contribution in [3.05, 3.63) is 46.1 Å². The number of hydrogen-bond acceptors (Lipinski definition) is 2. The number of carbonyl (C=O) groups excluding carboxylic acids is 1. The van der Waals surface area contributed by atoms with Crippen molar-refractivity contribution in [1.29, 1.82) is 0 Å². The molecule has 3 rings (SSSR count). The fraction of sp³-hybridized carbons (Fsp3) is 0.400. The van der Waals surface area contributed by atoms with Crippen LogP contribution in [-0.2, 0) is 4.79 Å². The van der Waals surface area contributed by atoms with Gasteiger partial charge in [0.15, 0.2) is 0 Å². The monoisotopic (exact) mass is 261 g/mol. The summed E-state index contributed by atoms with van der Waals surface area (Å²) < 4.78 is 13.8. The first-order valence-electron chi connectivity index (χ1n) is 6.39. The zero-order valence-electron chi connectivity index (χ0n) is 11.0. The van der Waals surface area contributed by atoms with Crippen molar-refractivity contribution >= 4 is 5.91 Å². The van der Waals surface area contributed by atoms with E-state index < -0.39 is 18.3 Å². The van der Waals surface area contributed by atoms with Gasteiger partial charge in [-0.15, -0.1) is 0 Å². The van der Waals surface area contributed by atoms with Crippen LogP contribution in [0.5, 0.6) is 0 Å². The summed E-state index contributed by atoms with van der Waals surface area (Å²) in [4.78, 5) is 12.2. The Labute approximate surface area is 111 Å². The third-order valence-corrected chi connectivity index (χ3v) is 3.83. The molecule has 19 heavy (non-hydrogen) atoms. The fourth-order valence-electron chi connectivity index (χ4n) is 2.51. The number of nitrogens with one attached hydrogen (secondary N) is 1.